The molecule has 7 heteroatoms. The first-order chi connectivity index (χ1) is 6.40. The van der Waals surface area contributed by atoms with Crippen molar-refractivity contribution in [3.8, 4) is 0 Å². The van der Waals surface area contributed by atoms with Crippen LogP contribution in [0.25, 0.3) is 0 Å². The number of hydrogen-bond acceptors (Lipinski definition) is 5. The van der Waals surface area contributed by atoms with Gasteiger partial charge in [-0.15, -0.1) is 12.6 Å². The van der Waals surface area contributed by atoms with Crippen LogP contribution in [0.15, 0.2) is 0 Å². The van der Waals surface area contributed by atoms with E-state index in [9.17, 15) is 9.59 Å². The van der Waals surface area contributed by atoms with Crippen LogP contribution in [0.2, 0.25) is 0 Å². The molecule has 0 aliphatic carbocycles. The molecule has 0 amide bonds. The third kappa shape index (κ3) is 22.5. The van der Waals surface area contributed by atoms with E-state index in [1.165, 1.54) is 13.8 Å². The molecule has 0 spiro atoms. The lowest BCUT2D eigenvalue weighted by molar-refractivity contribution is -0.163. The van der Waals surface area contributed by atoms with Crippen molar-refractivity contribution in [2.45, 2.75) is 13.8 Å². The first-order valence-electron chi connectivity index (χ1n) is 3.57. The fraction of sp³-hybridized carbons (Fsp3) is 0.571. The quantitative estimate of drug-likeness (QED) is 0.316. The lowest BCUT2D eigenvalue weighted by atomic mass is 10.8. The molecule has 0 radical (unpaired) electrons. The first kappa shape index (κ1) is 15.6. The van der Waals surface area contributed by atoms with Crippen LogP contribution in [0, 0.1) is 0 Å². The van der Waals surface area contributed by atoms with Crippen LogP contribution in [-0.2, 0) is 19.1 Å². The number of ether oxygens (including phenoxy) is 2. The second kappa shape index (κ2) is 10.3. The van der Waals surface area contributed by atoms with Crippen LogP contribution in [-0.4, -0.2) is 30.1 Å². The molecule has 0 aromatic carbocycles. The second-order valence-corrected chi connectivity index (χ2v) is 3.10. The van der Waals surface area contributed by atoms with Crippen LogP contribution >= 0.6 is 24.8 Å². The number of hydrogen-bond donors (Lipinski definition) is 2. The van der Waals surface area contributed by atoms with E-state index in [0.717, 1.165) is 0 Å². The van der Waals surface area contributed by atoms with E-state index in [-0.39, 0.29) is 6.79 Å². The minimum Gasteiger partial charge on any atom is -0.428 e. The Hall–Kier alpha value is -0.820. The zero-order chi connectivity index (χ0) is 11.6. The minimum atomic E-state index is -0.462. The summed E-state index contributed by atoms with van der Waals surface area (Å²) >= 11 is 8.17. The Kier molecular flexibility index (Phi) is 11.5. The predicted molar refractivity (Wildman–Crippen MR) is 59.0 cm³/mol. The van der Waals surface area contributed by atoms with Crippen LogP contribution < -0.4 is 5.32 Å². The van der Waals surface area contributed by atoms with E-state index >= 15 is 0 Å². The van der Waals surface area contributed by atoms with E-state index in [1.807, 2.05) is 0 Å². The Labute approximate surface area is 93.5 Å². The molecule has 1 N–H and O–H groups in total. The molecule has 0 heterocycles. The average molecular weight is 239 g/mol. The maximum absolute atomic E-state index is 10.0. The molecule has 0 saturated carbocycles. The number of carbonyl (C=O) groups is 2. The third-order valence-electron chi connectivity index (χ3n) is 0.738. The molecule has 0 aliphatic heterocycles. The van der Waals surface area contributed by atoms with Crippen molar-refractivity contribution < 1.29 is 19.1 Å². The van der Waals surface area contributed by atoms with Gasteiger partial charge in [0.1, 0.15) is 4.32 Å². The highest BCUT2D eigenvalue weighted by Crippen LogP contribution is 1.79. The van der Waals surface area contributed by atoms with Crippen LogP contribution in [0.1, 0.15) is 13.8 Å². The predicted octanol–water partition coefficient (Wildman–Crippen LogP) is 0.491. The lowest BCUT2D eigenvalue weighted by Crippen LogP contribution is -2.07. The zero-order valence-electron chi connectivity index (χ0n) is 8.20. The molecule has 0 saturated heterocycles. The Morgan fingerprint density at radius 3 is 1.71 bits per heavy atom. The molecule has 0 bridgehead atoms. The van der Waals surface area contributed by atoms with Gasteiger partial charge in [-0.25, -0.2) is 0 Å². The fourth-order valence-corrected chi connectivity index (χ4v) is 0.195. The number of thiocarbonyl (C=S) groups is 1. The maximum atomic E-state index is 10.0. The van der Waals surface area contributed by atoms with Gasteiger partial charge in [-0.05, 0) is 0 Å². The largest absolute Gasteiger partial charge is 0.428 e. The summed E-state index contributed by atoms with van der Waals surface area (Å²) in [5.74, 6) is -0.924. The molecule has 0 rings (SSSR count). The highest BCUT2D eigenvalue weighted by Gasteiger charge is 1.93. The molecule has 5 nitrogen and oxygen atoms in total. The third-order valence-corrected chi connectivity index (χ3v) is 1.17. The Balaban J connectivity index is 0. The topological polar surface area (TPSA) is 64.6 Å². The molecule has 82 valence electrons. The van der Waals surface area contributed by atoms with Crippen molar-refractivity contribution in [1.29, 1.82) is 0 Å². The van der Waals surface area contributed by atoms with E-state index in [4.69, 9.17) is 0 Å². The Bertz CT molecular complexity index is 194. The SMILES string of the molecule is CC(=O)OCOC(C)=O.CNC(=S)S. The summed E-state index contributed by atoms with van der Waals surface area (Å²) in [5.41, 5.74) is 0. The molecule has 0 fully saturated rings. The van der Waals surface area contributed by atoms with Gasteiger partial charge in [0.2, 0.25) is 6.79 Å². The molecule has 14 heavy (non-hydrogen) atoms. The average Bonchev–Trinajstić information content (AvgIpc) is 2.04. The summed E-state index contributed by atoms with van der Waals surface area (Å²) in [4.78, 5) is 20.0. The van der Waals surface area contributed by atoms with Gasteiger partial charge in [-0.1, -0.05) is 12.2 Å². The van der Waals surface area contributed by atoms with Crippen LogP contribution in [0.3, 0.4) is 0 Å². The maximum Gasteiger partial charge on any atom is 0.305 e. The Morgan fingerprint density at radius 1 is 1.29 bits per heavy atom. The number of rotatable bonds is 2. The second-order valence-electron chi connectivity index (χ2n) is 1.94. The van der Waals surface area contributed by atoms with Crippen molar-refractivity contribution in [3.05, 3.63) is 0 Å². The molecule has 0 unspecified atom stereocenters. The van der Waals surface area contributed by atoms with Crippen LogP contribution in [0.4, 0.5) is 0 Å². The molecule has 0 aromatic rings. The van der Waals surface area contributed by atoms with Gasteiger partial charge in [-0.2, -0.15) is 0 Å². The van der Waals surface area contributed by atoms with Crippen molar-refractivity contribution in [3.63, 3.8) is 0 Å². The monoisotopic (exact) mass is 239 g/mol. The smallest absolute Gasteiger partial charge is 0.305 e. The van der Waals surface area contributed by atoms with Crippen molar-refractivity contribution in [2.75, 3.05) is 13.8 Å². The summed E-state index contributed by atoms with van der Waals surface area (Å²) in [6.45, 7) is 2.19. The summed E-state index contributed by atoms with van der Waals surface area (Å²) < 4.78 is 9.07. The van der Waals surface area contributed by atoms with Crippen molar-refractivity contribution >= 4 is 41.1 Å². The summed E-state index contributed by atoms with van der Waals surface area (Å²) in [6.07, 6.45) is 0. The lowest BCUT2D eigenvalue weighted by Gasteiger charge is -1.99. The molecule has 0 atom stereocenters. The number of carbonyl (C=O) groups excluding carboxylic acids is 2. The van der Waals surface area contributed by atoms with Gasteiger partial charge < -0.3 is 14.8 Å². The molecular formula is C7H13NO4S2. The van der Waals surface area contributed by atoms with E-state index in [1.54, 1.807) is 7.05 Å². The Morgan fingerprint density at radius 2 is 1.57 bits per heavy atom. The fourth-order valence-electron chi connectivity index (χ4n) is 0.195. The molecule has 0 aliphatic rings. The van der Waals surface area contributed by atoms with Crippen molar-refractivity contribution in [1.82, 2.24) is 5.32 Å². The highest BCUT2D eigenvalue weighted by molar-refractivity contribution is 8.11. The van der Waals surface area contributed by atoms with E-state index < -0.39 is 11.9 Å². The van der Waals surface area contributed by atoms with Gasteiger partial charge in [0.15, 0.2) is 0 Å². The van der Waals surface area contributed by atoms with Crippen LogP contribution in [0.5, 0.6) is 0 Å². The van der Waals surface area contributed by atoms with Gasteiger partial charge in [0, 0.05) is 20.9 Å². The molecular weight excluding hydrogens is 226 g/mol. The summed E-state index contributed by atoms with van der Waals surface area (Å²) in [5, 5.41) is 2.62. The summed E-state index contributed by atoms with van der Waals surface area (Å²) in [6, 6.07) is 0. The van der Waals surface area contributed by atoms with Gasteiger partial charge in [0.05, 0.1) is 0 Å². The van der Waals surface area contributed by atoms with Crippen molar-refractivity contribution in [2.24, 2.45) is 0 Å². The van der Waals surface area contributed by atoms with Gasteiger partial charge in [0.25, 0.3) is 0 Å². The number of esters is 2. The standard InChI is InChI=1S/C5H8O4.C2H5NS2/c1-4(6)8-3-9-5(2)7;1-3-2(4)5/h3H2,1-2H3;1H3,(H2,3,4,5). The normalized spacial score (nSPS) is 7.71. The number of nitrogens with one attached hydrogen (secondary N) is 1. The van der Waals surface area contributed by atoms with Gasteiger partial charge in [-0.3, -0.25) is 9.59 Å². The van der Waals surface area contributed by atoms with Gasteiger partial charge >= 0.3 is 11.9 Å². The first-order valence-corrected chi connectivity index (χ1v) is 4.43. The van der Waals surface area contributed by atoms with E-state index in [2.05, 4.69) is 39.6 Å². The minimum absolute atomic E-state index is 0.287. The molecule has 0 aromatic heterocycles. The van der Waals surface area contributed by atoms with E-state index in [0.29, 0.717) is 4.32 Å². The highest BCUT2D eigenvalue weighted by atomic mass is 32.1. The summed E-state index contributed by atoms with van der Waals surface area (Å²) in [7, 11) is 1.73. The zero-order valence-corrected chi connectivity index (χ0v) is 9.91. The number of thiol groups is 1.